The predicted molar refractivity (Wildman–Crippen MR) is 87.2 cm³/mol. The van der Waals surface area contributed by atoms with Crippen LogP contribution in [0.25, 0.3) is 0 Å². The monoisotopic (exact) mass is 315 g/mol. The van der Waals surface area contributed by atoms with E-state index in [4.69, 9.17) is 4.74 Å². The van der Waals surface area contributed by atoms with Crippen LogP contribution in [0, 0.1) is 17.8 Å². The SMILES string of the molecule is O=C(N[C@@H](CO)C1CCCCC1)C1C2COc3ccccc3C21. The van der Waals surface area contributed by atoms with Crippen molar-refractivity contribution < 1.29 is 14.6 Å². The summed E-state index contributed by atoms with van der Waals surface area (Å²) in [6, 6.07) is 7.96. The topological polar surface area (TPSA) is 58.6 Å². The number of carbonyl (C=O) groups is 1. The van der Waals surface area contributed by atoms with Gasteiger partial charge in [0.1, 0.15) is 5.75 Å². The van der Waals surface area contributed by atoms with Crippen LogP contribution in [0.1, 0.15) is 43.6 Å². The van der Waals surface area contributed by atoms with E-state index >= 15 is 0 Å². The lowest BCUT2D eigenvalue weighted by atomic mass is 9.84. The Kier molecular flexibility index (Phi) is 4.02. The van der Waals surface area contributed by atoms with Crippen molar-refractivity contribution in [3.05, 3.63) is 29.8 Å². The molecule has 124 valence electrons. The van der Waals surface area contributed by atoms with Gasteiger partial charge in [-0.2, -0.15) is 0 Å². The van der Waals surface area contributed by atoms with E-state index in [0.717, 1.165) is 18.6 Å². The second-order valence-corrected chi connectivity index (χ2v) is 7.26. The van der Waals surface area contributed by atoms with Crippen molar-refractivity contribution >= 4 is 5.91 Å². The highest BCUT2D eigenvalue weighted by atomic mass is 16.5. The Bertz CT molecular complexity index is 582. The zero-order valence-electron chi connectivity index (χ0n) is 13.4. The third kappa shape index (κ3) is 2.74. The highest BCUT2D eigenvalue weighted by Gasteiger charge is 2.58. The number of rotatable bonds is 4. The Morgan fingerprint density at radius 3 is 2.83 bits per heavy atom. The van der Waals surface area contributed by atoms with Crippen LogP contribution in [0.4, 0.5) is 0 Å². The maximum Gasteiger partial charge on any atom is 0.224 e. The molecule has 1 aliphatic heterocycles. The number of nitrogens with one attached hydrogen (secondary N) is 1. The van der Waals surface area contributed by atoms with E-state index in [1.165, 1.54) is 24.8 Å². The lowest BCUT2D eigenvalue weighted by Gasteiger charge is -2.29. The van der Waals surface area contributed by atoms with Gasteiger partial charge in [-0.05, 0) is 30.4 Å². The van der Waals surface area contributed by atoms with Crippen LogP contribution in [0.2, 0.25) is 0 Å². The van der Waals surface area contributed by atoms with Gasteiger partial charge in [-0.25, -0.2) is 0 Å². The Hall–Kier alpha value is -1.55. The first kappa shape index (κ1) is 15.0. The number of para-hydroxylation sites is 1. The zero-order chi connectivity index (χ0) is 15.8. The molecule has 2 fully saturated rings. The van der Waals surface area contributed by atoms with E-state index in [0.29, 0.717) is 24.4 Å². The van der Waals surface area contributed by atoms with Crippen LogP contribution in [0.15, 0.2) is 24.3 Å². The molecule has 2 N–H and O–H groups in total. The average molecular weight is 315 g/mol. The molecule has 1 heterocycles. The van der Waals surface area contributed by atoms with E-state index in [1.807, 2.05) is 18.2 Å². The van der Waals surface area contributed by atoms with Gasteiger partial charge >= 0.3 is 0 Å². The highest BCUT2D eigenvalue weighted by molar-refractivity contribution is 5.84. The van der Waals surface area contributed by atoms with Crippen molar-refractivity contribution in [1.29, 1.82) is 0 Å². The van der Waals surface area contributed by atoms with Crippen molar-refractivity contribution in [2.45, 2.75) is 44.1 Å². The first-order valence-corrected chi connectivity index (χ1v) is 8.92. The van der Waals surface area contributed by atoms with E-state index in [-0.39, 0.29) is 24.5 Å². The Labute approximate surface area is 137 Å². The van der Waals surface area contributed by atoms with Crippen LogP contribution in [0.3, 0.4) is 0 Å². The number of ether oxygens (including phenoxy) is 1. The minimum Gasteiger partial charge on any atom is -0.493 e. The van der Waals surface area contributed by atoms with Crippen LogP contribution in [0.5, 0.6) is 5.75 Å². The third-order valence-electron chi connectivity index (χ3n) is 5.92. The van der Waals surface area contributed by atoms with Crippen LogP contribution in [-0.4, -0.2) is 30.3 Å². The Morgan fingerprint density at radius 2 is 2.04 bits per heavy atom. The summed E-state index contributed by atoms with van der Waals surface area (Å²) >= 11 is 0. The standard InChI is InChI=1S/C19H25NO3/c21-10-15(12-6-2-1-3-7-12)20-19(22)18-14-11-23-16-9-5-4-8-13(16)17(14)18/h4-5,8-9,12,14-15,17-18,21H,1-3,6-7,10-11H2,(H,20,22)/t14?,15-,17?,18?/m0/s1. The molecule has 4 atom stereocenters. The minimum absolute atomic E-state index is 0.0105. The average Bonchev–Trinajstić information content (AvgIpc) is 3.35. The van der Waals surface area contributed by atoms with Crippen LogP contribution >= 0.6 is 0 Å². The molecule has 3 unspecified atom stereocenters. The van der Waals surface area contributed by atoms with Crippen molar-refractivity contribution in [2.75, 3.05) is 13.2 Å². The molecule has 0 radical (unpaired) electrons. The van der Waals surface area contributed by atoms with Gasteiger partial charge in [0.05, 0.1) is 25.2 Å². The molecular formula is C19H25NO3. The molecule has 0 aromatic heterocycles. The van der Waals surface area contributed by atoms with Crippen molar-refractivity contribution in [3.8, 4) is 5.75 Å². The molecule has 0 spiro atoms. The smallest absolute Gasteiger partial charge is 0.224 e. The van der Waals surface area contributed by atoms with Gasteiger partial charge in [0.25, 0.3) is 0 Å². The summed E-state index contributed by atoms with van der Waals surface area (Å²) in [5.41, 5.74) is 1.17. The highest BCUT2D eigenvalue weighted by Crippen LogP contribution is 2.58. The first-order valence-electron chi connectivity index (χ1n) is 8.92. The number of benzene rings is 1. The van der Waals surface area contributed by atoms with Crippen molar-refractivity contribution in [1.82, 2.24) is 5.32 Å². The fourth-order valence-corrected chi connectivity index (χ4v) is 4.56. The number of aliphatic hydroxyl groups excluding tert-OH is 1. The van der Waals surface area contributed by atoms with Gasteiger partial charge < -0.3 is 15.2 Å². The first-order chi connectivity index (χ1) is 11.3. The fraction of sp³-hybridized carbons (Fsp3) is 0.632. The molecule has 0 bridgehead atoms. The van der Waals surface area contributed by atoms with E-state index in [2.05, 4.69) is 11.4 Å². The number of hydrogen-bond donors (Lipinski definition) is 2. The van der Waals surface area contributed by atoms with Crippen LogP contribution in [-0.2, 0) is 4.79 Å². The summed E-state index contributed by atoms with van der Waals surface area (Å²) in [5, 5.41) is 12.8. The molecular weight excluding hydrogens is 290 g/mol. The van der Waals surface area contributed by atoms with Gasteiger partial charge in [-0.1, -0.05) is 37.5 Å². The van der Waals surface area contributed by atoms with Crippen molar-refractivity contribution in [2.24, 2.45) is 17.8 Å². The van der Waals surface area contributed by atoms with Crippen molar-refractivity contribution in [3.63, 3.8) is 0 Å². The molecule has 3 aliphatic rings. The number of carbonyl (C=O) groups excluding carboxylic acids is 1. The molecule has 4 nitrogen and oxygen atoms in total. The molecule has 23 heavy (non-hydrogen) atoms. The molecule has 1 aromatic carbocycles. The number of aliphatic hydroxyl groups is 1. The summed E-state index contributed by atoms with van der Waals surface area (Å²) in [5.74, 6) is 2.07. The van der Waals surface area contributed by atoms with Gasteiger partial charge in [-0.15, -0.1) is 0 Å². The maximum atomic E-state index is 12.7. The van der Waals surface area contributed by atoms with E-state index < -0.39 is 0 Å². The maximum absolute atomic E-state index is 12.7. The van der Waals surface area contributed by atoms with Crippen LogP contribution < -0.4 is 10.1 Å². The number of hydrogen-bond acceptors (Lipinski definition) is 3. The fourth-order valence-electron chi connectivity index (χ4n) is 4.56. The number of amides is 1. The second-order valence-electron chi connectivity index (χ2n) is 7.26. The molecule has 2 saturated carbocycles. The normalized spacial score (nSPS) is 30.6. The predicted octanol–water partition coefficient (Wildman–Crippen LogP) is 2.47. The van der Waals surface area contributed by atoms with Gasteiger partial charge in [0.2, 0.25) is 5.91 Å². The molecule has 1 amide bonds. The summed E-state index contributed by atoms with van der Waals surface area (Å²) in [6.45, 7) is 0.679. The molecule has 4 rings (SSSR count). The van der Waals surface area contributed by atoms with Gasteiger partial charge in [-0.3, -0.25) is 4.79 Å². The largest absolute Gasteiger partial charge is 0.493 e. The van der Waals surface area contributed by atoms with Gasteiger partial charge in [0, 0.05) is 11.8 Å². The second kappa shape index (κ2) is 6.16. The molecule has 4 heteroatoms. The lowest BCUT2D eigenvalue weighted by molar-refractivity contribution is -0.124. The quantitative estimate of drug-likeness (QED) is 0.897. The molecule has 2 aliphatic carbocycles. The molecule has 0 saturated heterocycles. The van der Waals surface area contributed by atoms with Gasteiger partial charge in [0.15, 0.2) is 0 Å². The summed E-state index contributed by atoms with van der Waals surface area (Å²) in [6.07, 6.45) is 5.95. The zero-order valence-corrected chi connectivity index (χ0v) is 13.4. The Morgan fingerprint density at radius 1 is 1.26 bits per heavy atom. The summed E-state index contributed by atoms with van der Waals surface area (Å²) in [7, 11) is 0. The molecule has 1 aromatic rings. The third-order valence-corrected chi connectivity index (χ3v) is 5.92. The Balaban J connectivity index is 1.42. The number of fused-ring (bicyclic) bond motifs is 3. The van der Waals surface area contributed by atoms with E-state index in [9.17, 15) is 9.90 Å². The summed E-state index contributed by atoms with van der Waals surface area (Å²) in [4.78, 5) is 12.7. The summed E-state index contributed by atoms with van der Waals surface area (Å²) < 4.78 is 5.78. The lowest BCUT2D eigenvalue weighted by Crippen LogP contribution is -2.44. The van der Waals surface area contributed by atoms with E-state index in [1.54, 1.807) is 0 Å². The minimum atomic E-state index is -0.0818.